The van der Waals surface area contributed by atoms with Crippen LogP contribution in [-0.2, 0) is 15.6 Å². The number of phenolic OH excluding ortho intramolecular Hbond substituents is 2. The summed E-state index contributed by atoms with van der Waals surface area (Å²) in [6.07, 6.45) is 0. The number of hydrogen-bond acceptors (Lipinski definition) is 3. The molecular weight excluding hydrogens is 508 g/mol. The second-order valence-electron chi connectivity index (χ2n) is 9.43. The van der Waals surface area contributed by atoms with E-state index >= 15 is 0 Å². The molecule has 30 heavy (non-hydrogen) atoms. The molecule has 0 bridgehead atoms. The Bertz CT molecular complexity index is 845. The number of benzene rings is 2. The first-order valence-corrected chi connectivity index (χ1v) is 12.4. The summed E-state index contributed by atoms with van der Waals surface area (Å²) in [5, 5.41) is 22.1. The number of Topliss-reactive ketones (excluding diaryl/α,β-unsaturated/α-hetero) is 1. The maximum Gasteiger partial charge on any atom is 0.147 e. The topological polar surface area (TPSA) is 57.5 Å². The normalized spacial score (nSPS) is 14.4. The molecular formula is C25H32Br2O3. The van der Waals surface area contributed by atoms with Gasteiger partial charge in [-0.15, -0.1) is 0 Å². The Labute approximate surface area is 197 Å². The summed E-state index contributed by atoms with van der Waals surface area (Å²) in [5.41, 5.74) is 2.95. The molecule has 164 valence electrons. The number of hydrogen-bond donors (Lipinski definition) is 2. The lowest BCUT2D eigenvalue weighted by Crippen LogP contribution is -2.22. The van der Waals surface area contributed by atoms with E-state index in [4.69, 9.17) is 0 Å². The van der Waals surface area contributed by atoms with E-state index in [2.05, 4.69) is 59.6 Å². The number of carbonyl (C=O) groups is 1. The van der Waals surface area contributed by atoms with E-state index in [1.807, 2.05) is 38.1 Å². The third-order valence-corrected chi connectivity index (χ3v) is 8.82. The van der Waals surface area contributed by atoms with Gasteiger partial charge in [0.05, 0.1) is 0 Å². The number of rotatable bonds is 8. The van der Waals surface area contributed by atoms with Gasteiger partial charge >= 0.3 is 0 Å². The summed E-state index contributed by atoms with van der Waals surface area (Å²) in [6, 6.07) is 10.9. The van der Waals surface area contributed by atoms with Crippen LogP contribution in [0.25, 0.3) is 0 Å². The molecule has 2 aromatic carbocycles. The van der Waals surface area contributed by atoms with E-state index in [0.29, 0.717) is 10.7 Å². The molecule has 2 N–H and O–H groups in total. The van der Waals surface area contributed by atoms with Crippen molar-refractivity contribution in [1.29, 1.82) is 0 Å². The first-order chi connectivity index (χ1) is 13.9. The average molecular weight is 540 g/mol. The zero-order chi connectivity index (χ0) is 22.9. The van der Waals surface area contributed by atoms with E-state index in [1.165, 1.54) is 0 Å². The molecule has 0 aliphatic heterocycles. The van der Waals surface area contributed by atoms with E-state index in [0.717, 1.165) is 22.3 Å². The second-order valence-corrected chi connectivity index (χ2v) is 10.6. The van der Waals surface area contributed by atoms with Gasteiger partial charge in [0, 0.05) is 44.5 Å². The molecule has 5 heteroatoms. The van der Waals surface area contributed by atoms with Crippen molar-refractivity contribution < 1.29 is 15.0 Å². The van der Waals surface area contributed by atoms with E-state index in [1.54, 1.807) is 12.1 Å². The third-order valence-electron chi connectivity index (χ3n) is 6.02. The fourth-order valence-corrected chi connectivity index (χ4v) is 4.18. The molecule has 2 rings (SSSR count). The first kappa shape index (κ1) is 24.9. The number of phenols is 2. The van der Waals surface area contributed by atoms with Crippen LogP contribution in [-0.4, -0.2) is 26.7 Å². The molecule has 3 nitrogen and oxygen atoms in total. The Kier molecular flexibility index (Phi) is 7.84. The number of halogens is 2. The Morgan fingerprint density at radius 2 is 1.13 bits per heavy atom. The summed E-state index contributed by atoms with van der Waals surface area (Å²) in [6.45, 7) is 12.1. The lowest BCUT2D eigenvalue weighted by Gasteiger charge is -2.26. The largest absolute Gasteiger partial charge is 0.508 e. The van der Waals surface area contributed by atoms with Crippen LogP contribution < -0.4 is 0 Å². The minimum atomic E-state index is -0.313. The molecule has 0 spiro atoms. The van der Waals surface area contributed by atoms with Crippen molar-refractivity contribution >= 4 is 37.6 Å². The van der Waals surface area contributed by atoms with Crippen LogP contribution in [0.15, 0.2) is 36.4 Å². The average Bonchev–Trinajstić information content (AvgIpc) is 2.72. The van der Waals surface area contributed by atoms with Crippen molar-refractivity contribution in [1.82, 2.24) is 0 Å². The molecule has 0 aliphatic rings. The van der Waals surface area contributed by atoms with Crippen LogP contribution in [0.5, 0.6) is 11.5 Å². The standard InChI is InChI=1S/C25H32Br2O3/c1-15(17-7-9-21(28)19(11-17)24(3,4)13-26)23(30)16(2)18-8-10-22(29)20(12-18)25(5,6)14-27/h7-12,15-16,28-29H,13-14H2,1-6H3. The number of alkyl halides is 2. The van der Waals surface area contributed by atoms with Crippen molar-refractivity contribution in [2.24, 2.45) is 0 Å². The molecule has 0 saturated carbocycles. The van der Waals surface area contributed by atoms with Crippen molar-refractivity contribution in [2.45, 2.75) is 64.2 Å². The monoisotopic (exact) mass is 538 g/mol. The molecule has 2 atom stereocenters. The molecule has 0 saturated heterocycles. The molecule has 0 amide bonds. The van der Waals surface area contributed by atoms with Crippen molar-refractivity contribution in [3.05, 3.63) is 58.7 Å². The van der Waals surface area contributed by atoms with Crippen LogP contribution in [0.4, 0.5) is 0 Å². The Morgan fingerprint density at radius 1 is 0.800 bits per heavy atom. The number of ketones is 1. The Hall–Kier alpha value is -1.33. The summed E-state index contributed by atoms with van der Waals surface area (Å²) in [4.78, 5) is 13.3. The zero-order valence-electron chi connectivity index (χ0n) is 18.6. The van der Waals surface area contributed by atoms with Crippen LogP contribution in [0.3, 0.4) is 0 Å². The summed E-state index contributed by atoms with van der Waals surface area (Å²) in [7, 11) is 0. The van der Waals surface area contributed by atoms with Crippen LogP contribution >= 0.6 is 31.9 Å². The van der Waals surface area contributed by atoms with Crippen molar-refractivity contribution in [3.8, 4) is 11.5 Å². The first-order valence-electron chi connectivity index (χ1n) is 10.2. The highest BCUT2D eigenvalue weighted by Crippen LogP contribution is 2.38. The van der Waals surface area contributed by atoms with E-state index < -0.39 is 0 Å². The quantitative estimate of drug-likeness (QED) is 0.358. The van der Waals surface area contributed by atoms with Gasteiger partial charge < -0.3 is 10.2 Å². The van der Waals surface area contributed by atoms with Crippen LogP contribution in [0, 0.1) is 0 Å². The highest BCUT2D eigenvalue weighted by atomic mass is 79.9. The van der Waals surface area contributed by atoms with E-state index in [-0.39, 0.29) is 39.9 Å². The van der Waals surface area contributed by atoms with Crippen LogP contribution in [0.2, 0.25) is 0 Å². The van der Waals surface area contributed by atoms with Gasteiger partial charge in [-0.2, -0.15) is 0 Å². The summed E-state index contributed by atoms with van der Waals surface area (Å²) >= 11 is 7.04. The minimum Gasteiger partial charge on any atom is -0.508 e. The molecule has 0 radical (unpaired) electrons. The minimum absolute atomic E-state index is 0.108. The Morgan fingerprint density at radius 3 is 1.43 bits per heavy atom. The highest BCUT2D eigenvalue weighted by molar-refractivity contribution is 9.09. The predicted octanol–water partition coefficient (Wildman–Crippen LogP) is 6.92. The highest BCUT2D eigenvalue weighted by Gasteiger charge is 2.29. The Balaban J connectivity index is 2.38. The third kappa shape index (κ3) is 5.11. The molecule has 2 aromatic rings. The van der Waals surface area contributed by atoms with Gasteiger partial charge in [-0.25, -0.2) is 0 Å². The van der Waals surface area contributed by atoms with E-state index in [9.17, 15) is 15.0 Å². The number of carbonyl (C=O) groups excluding carboxylic acids is 1. The molecule has 0 aromatic heterocycles. The van der Waals surface area contributed by atoms with Crippen LogP contribution in [0.1, 0.15) is 75.6 Å². The van der Waals surface area contributed by atoms with Gasteiger partial charge in [0.15, 0.2) is 0 Å². The predicted molar refractivity (Wildman–Crippen MR) is 132 cm³/mol. The maximum atomic E-state index is 13.3. The second kappa shape index (κ2) is 9.44. The summed E-state index contributed by atoms with van der Waals surface area (Å²) in [5.74, 6) is -0.0254. The fourth-order valence-electron chi connectivity index (χ4n) is 3.58. The lowest BCUT2D eigenvalue weighted by atomic mass is 9.79. The smallest absolute Gasteiger partial charge is 0.147 e. The molecule has 0 heterocycles. The molecule has 0 aliphatic carbocycles. The SMILES string of the molecule is CC(C(=O)C(C)c1ccc(O)c(C(C)(C)CBr)c1)c1ccc(O)c(C(C)(C)CBr)c1. The maximum absolute atomic E-state index is 13.3. The van der Waals surface area contributed by atoms with Gasteiger partial charge in [0.1, 0.15) is 17.3 Å². The van der Waals surface area contributed by atoms with Gasteiger partial charge in [-0.1, -0.05) is 97.7 Å². The van der Waals surface area contributed by atoms with Gasteiger partial charge in [0.25, 0.3) is 0 Å². The zero-order valence-corrected chi connectivity index (χ0v) is 21.8. The fraction of sp³-hybridized carbons (Fsp3) is 0.480. The van der Waals surface area contributed by atoms with Gasteiger partial charge in [-0.3, -0.25) is 4.79 Å². The van der Waals surface area contributed by atoms with Crippen molar-refractivity contribution in [3.63, 3.8) is 0 Å². The summed E-state index contributed by atoms with van der Waals surface area (Å²) < 4.78 is 0. The molecule has 2 unspecified atom stereocenters. The molecule has 0 fully saturated rings. The van der Waals surface area contributed by atoms with Crippen molar-refractivity contribution in [2.75, 3.05) is 10.7 Å². The van der Waals surface area contributed by atoms with Gasteiger partial charge in [0.2, 0.25) is 0 Å². The van der Waals surface area contributed by atoms with Gasteiger partial charge in [-0.05, 0) is 23.3 Å². The lowest BCUT2D eigenvalue weighted by molar-refractivity contribution is -0.121. The number of aromatic hydroxyl groups is 2.